The van der Waals surface area contributed by atoms with E-state index in [9.17, 15) is 83.8 Å². The molecule has 0 atom stereocenters. The van der Waals surface area contributed by atoms with E-state index in [1.807, 2.05) is 0 Å². The SMILES string of the molecule is C=CC(=O)OCC(F)(F)C(F)(F)C(F)(F)C(F)(F)C(F)(F)C(F)(F)C(F)(F)C(F)(F)C(F)F. The third-order valence-electron chi connectivity index (χ3n) is 3.69. The molecule has 0 heterocycles. The number of halogens is 18. The van der Waals surface area contributed by atoms with Gasteiger partial charge in [0.1, 0.15) is 0 Å². The molecule has 0 bridgehead atoms. The standard InChI is InChI=1S/C13H6F18O2/c1-2-4(32)33-3-6(16,17)8(20,21)10(24,25)12(28,29)13(30,31)11(26,27)9(22,23)7(18,19)5(14)15/h2,5H,1,3H2. The van der Waals surface area contributed by atoms with E-state index in [0.717, 1.165) is 0 Å². The second kappa shape index (κ2) is 8.31. The maximum absolute atomic E-state index is 13.4. The summed E-state index contributed by atoms with van der Waals surface area (Å²) in [6, 6.07) is 0. The molecule has 0 aliphatic heterocycles. The predicted molar refractivity (Wildman–Crippen MR) is 66.7 cm³/mol. The number of hydrogen-bond donors (Lipinski definition) is 0. The highest BCUT2D eigenvalue weighted by Gasteiger charge is 2.95. The molecule has 0 radical (unpaired) electrons. The van der Waals surface area contributed by atoms with Crippen molar-refractivity contribution in [2.45, 2.75) is 53.8 Å². The Kier molecular flexibility index (Phi) is 7.80. The molecule has 196 valence electrons. The summed E-state index contributed by atoms with van der Waals surface area (Å²) in [6.45, 7) is -0.839. The first-order chi connectivity index (χ1) is 14.1. The highest BCUT2D eigenvalue weighted by Crippen LogP contribution is 2.64. The van der Waals surface area contributed by atoms with Crippen LogP contribution in [-0.4, -0.2) is 66.4 Å². The Hall–Kier alpha value is -2.05. The Bertz CT molecular complexity index is 740. The highest BCUT2D eigenvalue weighted by molar-refractivity contribution is 5.81. The molecule has 0 fully saturated rings. The van der Waals surface area contributed by atoms with Gasteiger partial charge in [-0.3, -0.25) is 0 Å². The van der Waals surface area contributed by atoms with Crippen LogP contribution < -0.4 is 0 Å². The molecule has 0 saturated heterocycles. The fraction of sp³-hybridized carbons (Fsp3) is 0.769. The van der Waals surface area contributed by atoms with Crippen LogP contribution in [0.25, 0.3) is 0 Å². The van der Waals surface area contributed by atoms with Crippen LogP contribution in [0.15, 0.2) is 12.7 Å². The number of carbonyl (C=O) groups is 1. The van der Waals surface area contributed by atoms with E-state index in [4.69, 9.17) is 0 Å². The van der Waals surface area contributed by atoms with Gasteiger partial charge in [-0.1, -0.05) is 6.58 Å². The van der Waals surface area contributed by atoms with E-state index in [-0.39, 0.29) is 6.08 Å². The van der Waals surface area contributed by atoms with E-state index in [1.165, 1.54) is 0 Å². The topological polar surface area (TPSA) is 26.3 Å². The van der Waals surface area contributed by atoms with Crippen molar-refractivity contribution in [2.75, 3.05) is 6.61 Å². The van der Waals surface area contributed by atoms with Crippen molar-refractivity contribution in [3.05, 3.63) is 12.7 Å². The predicted octanol–water partition coefficient (Wildman–Crippen LogP) is 6.06. The Morgan fingerprint density at radius 1 is 0.636 bits per heavy atom. The van der Waals surface area contributed by atoms with Gasteiger partial charge in [0, 0.05) is 6.08 Å². The number of rotatable bonds is 11. The van der Waals surface area contributed by atoms with Crippen LogP contribution >= 0.6 is 0 Å². The first-order valence-electron chi connectivity index (χ1n) is 7.25. The summed E-state index contributed by atoms with van der Waals surface area (Å²) in [5.74, 6) is -67.6. The van der Waals surface area contributed by atoms with Crippen LogP contribution in [0.3, 0.4) is 0 Å². The molecule has 33 heavy (non-hydrogen) atoms. The van der Waals surface area contributed by atoms with Crippen LogP contribution in [0, 0.1) is 0 Å². The van der Waals surface area contributed by atoms with Crippen molar-refractivity contribution in [1.82, 2.24) is 0 Å². The highest BCUT2D eigenvalue weighted by atomic mass is 19.4. The van der Waals surface area contributed by atoms with Gasteiger partial charge in [-0.25, -0.2) is 13.6 Å². The smallest absolute Gasteiger partial charge is 0.385 e. The molecule has 0 aliphatic carbocycles. The summed E-state index contributed by atoms with van der Waals surface area (Å²) >= 11 is 0. The van der Waals surface area contributed by atoms with Crippen LogP contribution in [0.5, 0.6) is 0 Å². The van der Waals surface area contributed by atoms with E-state index in [0.29, 0.717) is 0 Å². The van der Waals surface area contributed by atoms with Gasteiger partial charge in [0.15, 0.2) is 6.61 Å². The average Bonchev–Trinajstić information content (AvgIpc) is 2.64. The van der Waals surface area contributed by atoms with Crippen molar-refractivity contribution in [1.29, 1.82) is 0 Å². The van der Waals surface area contributed by atoms with Gasteiger partial charge in [-0.05, 0) is 0 Å². The third kappa shape index (κ3) is 4.17. The molecular weight excluding hydrogens is 530 g/mol. The summed E-state index contributed by atoms with van der Waals surface area (Å²) in [5.41, 5.74) is 0. The van der Waals surface area contributed by atoms with Crippen molar-refractivity contribution in [2.24, 2.45) is 0 Å². The van der Waals surface area contributed by atoms with Crippen LogP contribution in [0.4, 0.5) is 79.0 Å². The molecule has 0 N–H and O–H groups in total. The van der Waals surface area contributed by atoms with Crippen molar-refractivity contribution in [3.63, 3.8) is 0 Å². The van der Waals surface area contributed by atoms with Crippen molar-refractivity contribution < 1.29 is 88.6 Å². The molecule has 0 saturated carbocycles. The molecule has 0 amide bonds. The largest absolute Gasteiger partial charge is 0.456 e. The Balaban J connectivity index is 6.67. The Morgan fingerprint density at radius 3 is 1.24 bits per heavy atom. The fourth-order valence-corrected chi connectivity index (χ4v) is 1.68. The second-order valence-electron chi connectivity index (χ2n) is 5.89. The molecule has 0 aromatic rings. The van der Waals surface area contributed by atoms with Gasteiger partial charge in [-0.2, -0.15) is 70.2 Å². The second-order valence-corrected chi connectivity index (χ2v) is 5.89. The van der Waals surface area contributed by atoms with Gasteiger partial charge >= 0.3 is 59.8 Å². The number of hydrogen-bond acceptors (Lipinski definition) is 2. The summed E-state index contributed by atoms with van der Waals surface area (Å²) in [5, 5.41) is 0. The lowest BCUT2D eigenvalue weighted by Gasteiger charge is -2.43. The minimum atomic E-state index is -8.80. The normalized spacial score (nSPS) is 15.6. The molecule has 2 nitrogen and oxygen atoms in total. The number of carbonyl (C=O) groups excluding carboxylic acids is 1. The number of alkyl halides is 18. The number of esters is 1. The van der Waals surface area contributed by atoms with Crippen LogP contribution in [0.2, 0.25) is 0 Å². The zero-order valence-corrected chi connectivity index (χ0v) is 14.7. The first kappa shape index (κ1) is 30.9. The van der Waals surface area contributed by atoms with Crippen molar-refractivity contribution in [3.8, 4) is 0 Å². The van der Waals surface area contributed by atoms with E-state index >= 15 is 0 Å². The molecule has 20 heteroatoms. The van der Waals surface area contributed by atoms with Gasteiger partial charge in [-0.15, -0.1) is 0 Å². The van der Waals surface area contributed by atoms with Gasteiger partial charge < -0.3 is 4.74 Å². The van der Waals surface area contributed by atoms with Crippen molar-refractivity contribution >= 4 is 5.97 Å². The molecular formula is C13H6F18O2. The third-order valence-corrected chi connectivity index (χ3v) is 3.69. The monoisotopic (exact) mass is 536 g/mol. The molecule has 0 aromatic carbocycles. The van der Waals surface area contributed by atoms with Crippen LogP contribution in [0.1, 0.15) is 0 Å². The molecule has 0 unspecified atom stereocenters. The maximum atomic E-state index is 13.4. The Morgan fingerprint density at radius 2 is 0.939 bits per heavy atom. The average molecular weight is 536 g/mol. The lowest BCUT2D eigenvalue weighted by Crippen LogP contribution is -2.75. The fourth-order valence-electron chi connectivity index (χ4n) is 1.68. The minimum absolute atomic E-state index is 0.0963. The van der Waals surface area contributed by atoms with Gasteiger partial charge in [0.05, 0.1) is 0 Å². The van der Waals surface area contributed by atoms with Gasteiger partial charge in [0.25, 0.3) is 0 Å². The zero-order valence-electron chi connectivity index (χ0n) is 14.7. The first-order valence-corrected chi connectivity index (χ1v) is 7.25. The Labute approximate surface area is 169 Å². The van der Waals surface area contributed by atoms with Crippen LogP contribution in [-0.2, 0) is 9.53 Å². The summed E-state index contributed by atoms with van der Waals surface area (Å²) in [7, 11) is 0. The van der Waals surface area contributed by atoms with Gasteiger partial charge in [0.2, 0.25) is 0 Å². The number of ether oxygens (including phenoxy) is 1. The molecule has 0 spiro atoms. The summed E-state index contributed by atoms with van der Waals surface area (Å²) < 4.78 is 238. The van der Waals surface area contributed by atoms with E-state index in [2.05, 4.69) is 11.3 Å². The molecule has 0 aliphatic rings. The summed E-state index contributed by atoms with van der Waals surface area (Å²) in [6.07, 6.45) is -6.12. The summed E-state index contributed by atoms with van der Waals surface area (Å²) in [4.78, 5) is 10.5. The molecule has 0 aromatic heterocycles. The maximum Gasteiger partial charge on any atom is 0.385 e. The lowest BCUT2D eigenvalue weighted by molar-refractivity contribution is -0.458. The quantitative estimate of drug-likeness (QED) is 0.182. The van der Waals surface area contributed by atoms with E-state index in [1.54, 1.807) is 0 Å². The zero-order chi connectivity index (χ0) is 27.3. The lowest BCUT2D eigenvalue weighted by atomic mass is 9.87. The minimum Gasteiger partial charge on any atom is -0.456 e. The molecule has 0 rings (SSSR count). The van der Waals surface area contributed by atoms with E-state index < -0.39 is 66.4 Å².